The number of benzene rings is 2. The molecular weight excluding hydrogens is 498 g/mol. The maximum absolute atomic E-state index is 12.6. The zero-order valence-electron chi connectivity index (χ0n) is 20.2. The number of carboxylic acids is 2. The third kappa shape index (κ3) is 6.17. The molecule has 0 atom stereocenters. The van der Waals surface area contributed by atoms with Gasteiger partial charge in [-0.15, -0.1) is 15.7 Å². The molecule has 2 aromatic carbocycles. The number of carbonyl (C=O) groups excluding carboxylic acids is 1. The summed E-state index contributed by atoms with van der Waals surface area (Å²) in [6, 6.07) is 9.05. The Kier molecular flexibility index (Phi) is 8.03. The number of amides is 1. The lowest BCUT2D eigenvalue weighted by Gasteiger charge is -2.16. The van der Waals surface area contributed by atoms with Gasteiger partial charge in [-0.1, -0.05) is 0 Å². The van der Waals surface area contributed by atoms with Crippen molar-refractivity contribution in [2.24, 2.45) is 10.2 Å². The summed E-state index contributed by atoms with van der Waals surface area (Å²) < 4.78 is 11.3. The molecule has 6 N–H and O–H groups in total. The number of fused-ring (bicyclic) bond motifs is 1. The van der Waals surface area contributed by atoms with Crippen LogP contribution in [0.4, 0.5) is 11.4 Å². The third-order valence-corrected chi connectivity index (χ3v) is 5.41. The van der Waals surface area contributed by atoms with E-state index in [0.29, 0.717) is 49.1 Å². The second-order valence-electron chi connectivity index (χ2n) is 7.96. The van der Waals surface area contributed by atoms with Gasteiger partial charge in [0.25, 0.3) is 5.91 Å². The van der Waals surface area contributed by atoms with Crippen LogP contribution in [0.3, 0.4) is 0 Å². The summed E-state index contributed by atoms with van der Waals surface area (Å²) in [5.74, 6) is -1.49. The number of nitrogens with zero attached hydrogens (tertiary/aromatic N) is 3. The topological polar surface area (TPSA) is 186 Å². The van der Waals surface area contributed by atoms with Crippen LogP contribution in [0.25, 0.3) is 0 Å². The van der Waals surface area contributed by atoms with Gasteiger partial charge >= 0.3 is 11.9 Å². The standard InChI is InChI=1S/C24H25N7O7/c1-25-20-13-15(4-6-16(20)23(33)34)38-11-3-2-10-37-14-5-7-18(17(12-14)24(35)36)26-22(32)19-8-9-21-27-29-30-31(21)28-19/h4-9,12-13,25,29-30H,2-3,10-11H2,1H3,(H,26,32)(H,33,34)(H,35,36). The van der Waals surface area contributed by atoms with Crippen LogP contribution in [-0.4, -0.2) is 65.0 Å². The van der Waals surface area contributed by atoms with E-state index in [-0.39, 0.29) is 22.5 Å². The van der Waals surface area contributed by atoms with E-state index < -0.39 is 17.8 Å². The van der Waals surface area contributed by atoms with E-state index in [1.165, 1.54) is 29.4 Å². The first kappa shape index (κ1) is 26.0. The Morgan fingerprint density at radius 1 is 0.921 bits per heavy atom. The Morgan fingerprint density at radius 3 is 2.29 bits per heavy atom. The number of hydrogen-bond acceptors (Lipinski definition) is 11. The number of rotatable bonds is 12. The number of unbranched alkanes of at least 4 members (excludes halogenated alkanes) is 1. The number of ether oxygens (including phenoxy) is 2. The summed E-state index contributed by atoms with van der Waals surface area (Å²) >= 11 is 0. The molecule has 0 bridgehead atoms. The first-order valence-electron chi connectivity index (χ1n) is 11.5. The molecule has 2 heterocycles. The lowest BCUT2D eigenvalue weighted by atomic mass is 10.1. The van der Waals surface area contributed by atoms with Crippen LogP contribution in [0, 0.1) is 0 Å². The molecule has 2 aromatic rings. The minimum Gasteiger partial charge on any atom is -0.494 e. The zero-order chi connectivity index (χ0) is 27.1. The second kappa shape index (κ2) is 11.7. The summed E-state index contributed by atoms with van der Waals surface area (Å²) in [7, 11) is 1.64. The first-order valence-corrected chi connectivity index (χ1v) is 11.5. The fraction of sp³-hybridized carbons (Fsp3) is 0.208. The molecule has 0 saturated carbocycles. The van der Waals surface area contributed by atoms with E-state index in [1.807, 2.05) is 0 Å². The van der Waals surface area contributed by atoms with Crippen molar-refractivity contribution in [1.82, 2.24) is 16.2 Å². The van der Waals surface area contributed by atoms with E-state index in [0.717, 1.165) is 0 Å². The van der Waals surface area contributed by atoms with Gasteiger partial charge in [-0.25, -0.2) is 15.1 Å². The van der Waals surface area contributed by atoms with E-state index >= 15 is 0 Å². The highest BCUT2D eigenvalue weighted by molar-refractivity contribution is 6.48. The fourth-order valence-electron chi connectivity index (χ4n) is 3.51. The molecule has 2 aliphatic rings. The number of hydrogen-bond donors (Lipinski definition) is 6. The van der Waals surface area contributed by atoms with Crippen LogP contribution in [-0.2, 0) is 4.79 Å². The lowest BCUT2D eigenvalue weighted by Crippen LogP contribution is -2.40. The van der Waals surface area contributed by atoms with E-state index in [2.05, 4.69) is 31.9 Å². The number of nitrogens with one attached hydrogen (secondary N) is 4. The van der Waals surface area contributed by atoms with Crippen LogP contribution in [0.2, 0.25) is 0 Å². The largest absolute Gasteiger partial charge is 0.494 e. The van der Waals surface area contributed by atoms with Crippen LogP contribution in [0.1, 0.15) is 33.6 Å². The van der Waals surface area contributed by atoms with Crippen molar-refractivity contribution in [3.05, 3.63) is 59.7 Å². The summed E-state index contributed by atoms with van der Waals surface area (Å²) in [6.45, 7) is 0.704. The number of carboxylic acid groups (broad SMARTS) is 2. The van der Waals surface area contributed by atoms with Crippen LogP contribution in [0.5, 0.6) is 11.5 Å². The molecule has 4 rings (SSSR count). The predicted octanol–water partition coefficient (Wildman–Crippen LogP) is 1.87. The Bertz CT molecular complexity index is 1340. The Morgan fingerprint density at radius 2 is 1.61 bits per heavy atom. The number of carbonyl (C=O) groups is 3. The average Bonchev–Trinajstić information content (AvgIpc) is 3.39. The Balaban J connectivity index is 1.26. The number of amidine groups is 1. The normalized spacial score (nSPS) is 13.6. The van der Waals surface area contributed by atoms with Crippen LogP contribution >= 0.6 is 0 Å². The molecule has 1 amide bonds. The molecule has 198 valence electrons. The molecule has 0 aliphatic carbocycles. The summed E-state index contributed by atoms with van der Waals surface area (Å²) in [5, 5.41) is 33.4. The molecule has 2 aliphatic heterocycles. The molecule has 14 heteroatoms. The van der Waals surface area contributed by atoms with Gasteiger partial charge < -0.3 is 30.3 Å². The van der Waals surface area contributed by atoms with Gasteiger partial charge in [0.2, 0.25) is 0 Å². The van der Waals surface area contributed by atoms with E-state index in [4.69, 9.17) is 9.47 Å². The van der Waals surface area contributed by atoms with E-state index in [9.17, 15) is 24.6 Å². The molecule has 38 heavy (non-hydrogen) atoms. The van der Waals surface area contributed by atoms with Crippen molar-refractivity contribution in [1.29, 1.82) is 0 Å². The van der Waals surface area contributed by atoms with E-state index in [1.54, 1.807) is 31.3 Å². The number of hydrazine groups is 2. The van der Waals surface area contributed by atoms with Crippen molar-refractivity contribution in [2.75, 3.05) is 30.9 Å². The quantitative estimate of drug-likeness (QED) is 0.223. The first-order chi connectivity index (χ1) is 18.4. The summed E-state index contributed by atoms with van der Waals surface area (Å²) in [4.78, 5) is 35.6. The summed E-state index contributed by atoms with van der Waals surface area (Å²) in [6.07, 6.45) is 4.32. The fourth-order valence-corrected chi connectivity index (χ4v) is 3.51. The third-order valence-electron chi connectivity index (χ3n) is 5.41. The maximum atomic E-state index is 12.6. The minimum absolute atomic E-state index is 0.0547. The highest BCUT2D eigenvalue weighted by Crippen LogP contribution is 2.24. The van der Waals surface area contributed by atoms with Crippen molar-refractivity contribution < 1.29 is 34.1 Å². The van der Waals surface area contributed by atoms with Gasteiger partial charge in [0.15, 0.2) is 11.5 Å². The van der Waals surface area contributed by atoms with Gasteiger partial charge in [-0.05, 0) is 55.3 Å². The molecule has 0 aromatic heterocycles. The molecule has 0 fully saturated rings. The molecule has 14 nitrogen and oxygen atoms in total. The molecule has 0 spiro atoms. The van der Waals surface area contributed by atoms with Gasteiger partial charge in [0.1, 0.15) is 11.5 Å². The van der Waals surface area contributed by atoms with Gasteiger partial charge in [-0.2, -0.15) is 5.12 Å². The number of hydrazone groups is 2. The van der Waals surface area contributed by atoms with Crippen molar-refractivity contribution in [3.63, 3.8) is 0 Å². The molecule has 0 saturated heterocycles. The van der Waals surface area contributed by atoms with Crippen LogP contribution in [0.15, 0.2) is 58.8 Å². The molecule has 0 radical (unpaired) electrons. The Hall–Kier alpha value is -5.11. The SMILES string of the molecule is CNc1cc(OCCCCOc2ccc(NC(=O)C3=NN4NNN=C4C=C3)c(C(=O)O)c2)ccc1C(=O)O. The molecule has 0 unspecified atom stereocenters. The van der Waals surface area contributed by atoms with Gasteiger partial charge in [-0.3, -0.25) is 4.79 Å². The van der Waals surface area contributed by atoms with Gasteiger partial charge in [0, 0.05) is 13.1 Å². The maximum Gasteiger partial charge on any atom is 0.337 e. The van der Waals surface area contributed by atoms with Crippen molar-refractivity contribution in [3.8, 4) is 11.5 Å². The predicted molar refractivity (Wildman–Crippen MR) is 137 cm³/mol. The second-order valence-corrected chi connectivity index (χ2v) is 7.96. The monoisotopic (exact) mass is 523 g/mol. The smallest absolute Gasteiger partial charge is 0.337 e. The summed E-state index contributed by atoms with van der Waals surface area (Å²) in [5.41, 5.74) is 5.76. The number of anilines is 2. The highest BCUT2D eigenvalue weighted by atomic mass is 16.5. The zero-order valence-corrected chi connectivity index (χ0v) is 20.2. The average molecular weight is 524 g/mol. The van der Waals surface area contributed by atoms with Crippen molar-refractivity contribution in [2.45, 2.75) is 12.8 Å². The van der Waals surface area contributed by atoms with Crippen LogP contribution < -0.4 is 31.2 Å². The Labute approximate surface area is 216 Å². The minimum atomic E-state index is -1.23. The van der Waals surface area contributed by atoms with Gasteiger partial charge in [0.05, 0.1) is 35.7 Å². The number of aromatic carboxylic acids is 2. The lowest BCUT2D eigenvalue weighted by molar-refractivity contribution is -0.110. The highest BCUT2D eigenvalue weighted by Gasteiger charge is 2.23. The van der Waals surface area contributed by atoms with Crippen molar-refractivity contribution >= 4 is 40.8 Å². The molecular formula is C24H25N7O7.